The van der Waals surface area contributed by atoms with Crippen LogP contribution < -0.4 is 0 Å². The molecule has 8 heteroatoms. The number of piperazine rings is 2. The molecule has 2 heterocycles. The van der Waals surface area contributed by atoms with Gasteiger partial charge in [-0.2, -0.15) is 0 Å². The van der Waals surface area contributed by atoms with Crippen LogP contribution in [0.5, 0.6) is 0 Å². The van der Waals surface area contributed by atoms with E-state index in [-0.39, 0.29) is 0 Å². The molecule has 6 nitrogen and oxygen atoms in total. The highest BCUT2D eigenvalue weighted by molar-refractivity contribution is 6.72. The monoisotopic (exact) mass is 400 g/mol. The zero-order chi connectivity index (χ0) is 19.0. The average molecular weight is 401 g/mol. The fourth-order valence-electron chi connectivity index (χ4n) is 3.88. The van der Waals surface area contributed by atoms with Crippen LogP contribution in [0.3, 0.4) is 0 Å². The molecule has 0 bridgehead atoms. The highest BCUT2D eigenvalue weighted by Crippen LogP contribution is 2.14. The van der Waals surface area contributed by atoms with Crippen molar-refractivity contribution in [1.29, 1.82) is 0 Å². The molecule has 0 radical (unpaired) electrons. The lowest BCUT2D eigenvalue weighted by Gasteiger charge is -2.45. The van der Waals surface area contributed by atoms with Crippen LogP contribution in [-0.4, -0.2) is 123 Å². The van der Waals surface area contributed by atoms with E-state index in [4.69, 9.17) is 8.85 Å². The average Bonchev–Trinajstić information content (AvgIpc) is 2.61. The molecule has 2 rings (SSSR count). The van der Waals surface area contributed by atoms with Crippen molar-refractivity contribution in [2.75, 3.05) is 79.7 Å². The normalized spacial score (nSPS) is 23.2. The van der Waals surface area contributed by atoms with E-state index in [0.717, 1.165) is 13.2 Å². The molecule has 0 N–H and O–H groups in total. The number of hydrogen-bond acceptors (Lipinski definition) is 6. The Kier molecular flexibility index (Phi) is 9.46. The van der Waals surface area contributed by atoms with Crippen LogP contribution in [0.4, 0.5) is 0 Å². The summed E-state index contributed by atoms with van der Waals surface area (Å²) >= 11 is 0. The summed E-state index contributed by atoms with van der Waals surface area (Å²) in [5.41, 5.74) is 4.78. The molecule has 2 saturated heterocycles. The van der Waals surface area contributed by atoms with Gasteiger partial charge in [0.15, 0.2) is 0 Å². The van der Waals surface area contributed by atoms with Crippen LogP contribution in [0.15, 0.2) is 11.4 Å². The van der Waals surface area contributed by atoms with Crippen molar-refractivity contribution in [2.24, 2.45) is 0 Å². The van der Waals surface area contributed by atoms with Crippen molar-refractivity contribution in [1.82, 2.24) is 19.6 Å². The minimum absolute atomic E-state index is 0.403. The summed E-state index contributed by atoms with van der Waals surface area (Å²) in [5.74, 6) is 0.634. The van der Waals surface area contributed by atoms with Gasteiger partial charge in [-0.15, -0.1) is 5.70 Å². The minimum atomic E-state index is -2.14. The van der Waals surface area contributed by atoms with Gasteiger partial charge in [0.1, 0.15) is 0 Å². The molecular formula is C18H40N4O2Si2. The van der Waals surface area contributed by atoms with Gasteiger partial charge in [0.05, 0.1) is 9.52 Å². The summed E-state index contributed by atoms with van der Waals surface area (Å²) in [6.45, 7) is 17.3. The molecule has 0 aromatic carbocycles. The van der Waals surface area contributed by atoms with Gasteiger partial charge >= 0.3 is 8.56 Å². The predicted molar refractivity (Wildman–Crippen MR) is 114 cm³/mol. The molecule has 0 spiro atoms. The summed E-state index contributed by atoms with van der Waals surface area (Å²) in [6, 6.07) is 0. The van der Waals surface area contributed by atoms with E-state index >= 15 is 0 Å². The third-order valence-electron chi connectivity index (χ3n) is 5.55. The SMILES string of the molecule is CCO[Si](C)(C=C[SiH2]C(N1CCN(C)CC1)N1CCN(C)CC1)OCC. The van der Waals surface area contributed by atoms with Gasteiger partial charge in [-0.05, 0) is 34.5 Å². The zero-order valence-electron chi connectivity index (χ0n) is 17.6. The lowest BCUT2D eigenvalue weighted by atomic mass is 10.3. The molecule has 2 aliphatic heterocycles. The molecule has 2 fully saturated rings. The third kappa shape index (κ3) is 6.83. The first-order valence-electron chi connectivity index (χ1n) is 10.3. The summed E-state index contributed by atoms with van der Waals surface area (Å²) in [7, 11) is 1.93. The second kappa shape index (κ2) is 11.1. The molecule has 0 atom stereocenters. The maximum Gasteiger partial charge on any atom is 0.361 e. The molecular weight excluding hydrogens is 360 g/mol. The highest BCUT2D eigenvalue weighted by Gasteiger charge is 2.30. The van der Waals surface area contributed by atoms with Gasteiger partial charge in [0, 0.05) is 71.4 Å². The lowest BCUT2D eigenvalue weighted by molar-refractivity contribution is 0.0318. The first-order chi connectivity index (χ1) is 12.5. The van der Waals surface area contributed by atoms with E-state index in [1.807, 2.05) is 0 Å². The summed E-state index contributed by atoms with van der Waals surface area (Å²) in [6.07, 6.45) is 0. The quantitative estimate of drug-likeness (QED) is 0.512. The van der Waals surface area contributed by atoms with Crippen LogP contribution in [0.1, 0.15) is 13.8 Å². The van der Waals surface area contributed by atoms with E-state index < -0.39 is 18.1 Å². The smallest absolute Gasteiger partial charge is 0.361 e. The van der Waals surface area contributed by atoms with E-state index in [1.54, 1.807) is 0 Å². The Labute approximate surface area is 164 Å². The van der Waals surface area contributed by atoms with Crippen molar-refractivity contribution >= 4 is 18.1 Å². The number of hydrogen-bond donors (Lipinski definition) is 0. The van der Waals surface area contributed by atoms with Gasteiger partial charge < -0.3 is 18.7 Å². The van der Waals surface area contributed by atoms with Crippen molar-refractivity contribution < 1.29 is 8.85 Å². The largest absolute Gasteiger partial charge is 0.392 e. The molecule has 0 aromatic rings. The number of rotatable bonds is 9. The highest BCUT2D eigenvalue weighted by atomic mass is 28.4. The van der Waals surface area contributed by atoms with Crippen molar-refractivity contribution in [3.8, 4) is 0 Å². The Balaban J connectivity index is 2.02. The maximum absolute atomic E-state index is 5.98. The van der Waals surface area contributed by atoms with E-state index in [1.165, 1.54) is 52.4 Å². The topological polar surface area (TPSA) is 31.4 Å². The molecule has 152 valence electrons. The van der Waals surface area contributed by atoms with Gasteiger partial charge in [0.25, 0.3) is 0 Å². The fraction of sp³-hybridized carbons (Fsp3) is 0.889. The fourth-order valence-corrected chi connectivity index (χ4v) is 9.13. The maximum atomic E-state index is 5.98. The van der Waals surface area contributed by atoms with Gasteiger partial charge in [-0.3, -0.25) is 9.80 Å². The Hall–Kier alpha value is -0.0662. The van der Waals surface area contributed by atoms with E-state index in [9.17, 15) is 0 Å². The van der Waals surface area contributed by atoms with Crippen LogP contribution in [-0.2, 0) is 8.85 Å². The Morgan fingerprint density at radius 2 is 1.27 bits per heavy atom. The molecule has 0 amide bonds. The molecule has 2 aliphatic rings. The Bertz CT molecular complexity index is 397. The summed E-state index contributed by atoms with van der Waals surface area (Å²) in [5, 5.41) is 0. The molecule has 0 aliphatic carbocycles. The summed E-state index contributed by atoms with van der Waals surface area (Å²) < 4.78 is 12.0. The zero-order valence-corrected chi connectivity index (χ0v) is 20.0. The first kappa shape index (κ1) is 22.2. The Morgan fingerprint density at radius 1 is 0.846 bits per heavy atom. The molecule has 0 aromatic heterocycles. The van der Waals surface area contributed by atoms with Gasteiger partial charge in [0.2, 0.25) is 0 Å². The van der Waals surface area contributed by atoms with Gasteiger partial charge in [-0.1, -0.05) is 5.70 Å². The molecule has 0 saturated carbocycles. The van der Waals surface area contributed by atoms with Crippen molar-refractivity contribution in [3.63, 3.8) is 0 Å². The number of nitrogens with zero attached hydrogens (tertiary/aromatic N) is 4. The minimum Gasteiger partial charge on any atom is -0.392 e. The van der Waals surface area contributed by atoms with Crippen LogP contribution in [0.25, 0.3) is 0 Å². The van der Waals surface area contributed by atoms with E-state index in [2.05, 4.69) is 65.5 Å². The van der Waals surface area contributed by atoms with Crippen molar-refractivity contribution in [3.05, 3.63) is 11.4 Å². The standard InChI is InChI=1S/C18H40N4O2Si2/c1-6-23-26(5,24-7-2)17-16-25-18(21-12-8-19(3)9-13-21)22-14-10-20(4)11-15-22/h16-18H,6-15,25H2,1-5H3. The van der Waals surface area contributed by atoms with E-state index in [0.29, 0.717) is 5.79 Å². The third-order valence-corrected chi connectivity index (χ3v) is 10.5. The van der Waals surface area contributed by atoms with Crippen molar-refractivity contribution in [2.45, 2.75) is 26.2 Å². The predicted octanol–water partition coefficient (Wildman–Crippen LogP) is 0.132. The van der Waals surface area contributed by atoms with Crippen LogP contribution >= 0.6 is 0 Å². The second-order valence-electron chi connectivity index (χ2n) is 7.68. The molecule has 26 heavy (non-hydrogen) atoms. The first-order valence-corrected chi connectivity index (χ1v) is 14.3. The van der Waals surface area contributed by atoms with Crippen LogP contribution in [0, 0.1) is 0 Å². The lowest BCUT2D eigenvalue weighted by Crippen LogP contribution is -2.61. The Morgan fingerprint density at radius 3 is 1.65 bits per heavy atom. The second-order valence-corrected chi connectivity index (χ2v) is 12.3. The van der Waals surface area contributed by atoms with Gasteiger partial charge in [-0.25, -0.2) is 0 Å². The van der Waals surface area contributed by atoms with Crippen LogP contribution in [0.2, 0.25) is 6.55 Å². The number of likely N-dealkylation sites (N-methyl/N-ethyl adjacent to an activating group) is 2. The summed E-state index contributed by atoms with van der Waals surface area (Å²) in [4.78, 5) is 10.4. The molecule has 0 unspecified atom stereocenters.